The van der Waals surface area contributed by atoms with E-state index >= 15 is 0 Å². The van der Waals surface area contributed by atoms with Crippen LogP contribution in [0.1, 0.15) is 26.2 Å². The van der Waals surface area contributed by atoms with E-state index in [4.69, 9.17) is 11.6 Å². The molecule has 1 aromatic rings. The summed E-state index contributed by atoms with van der Waals surface area (Å²) in [6, 6.07) is 3.95. The summed E-state index contributed by atoms with van der Waals surface area (Å²) in [6.45, 7) is 5.02. The minimum absolute atomic E-state index is 0.0571. The number of hydrogen-bond acceptors (Lipinski definition) is 4. The molecule has 1 unspecified atom stereocenters. The average Bonchev–Trinajstić information content (AvgIpc) is 3.07. The molecule has 25 heavy (non-hydrogen) atoms. The van der Waals surface area contributed by atoms with Gasteiger partial charge in [0.05, 0.1) is 5.02 Å². The number of halogens is 1. The minimum atomic E-state index is 0.0571. The molecule has 8 heteroatoms. The highest BCUT2D eigenvalue weighted by Gasteiger charge is 2.25. The lowest BCUT2D eigenvalue weighted by atomic mass is 10.3. The predicted octanol–water partition coefficient (Wildman–Crippen LogP) is 1.40. The van der Waals surface area contributed by atoms with Gasteiger partial charge in [0.25, 0.3) is 0 Å². The Balaban J connectivity index is 1.75. The van der Waals surface area contributed by atoms with E-state index in [0.29, 0.717) is 23.9 Å². The molecular weight excluding hydrogens is 340 g/mol. The van der Waals surface area contributed by atoms with Gasteiger partial charge in [-0.2, -0.15) is 0 Å². The minimum Gasteiger partial charge on any atom is -0.356 e. The van der Waals surface area contributed by atoms with E-state index in [0.717, 1.165) is 38.3 Å². The van der Waals surface area contributed by atoms with Crippen LogP contribution in [0.5, 0.6) is 0 Å². The Morgan fingerprint density at radius 1 is 1.44 bits per heavy atom. The summed E-state index contributed by atoms with van der Waals surface area (Å²) >= 11 is 6.22. The largest absolute Gasteiger partial charge is 0.356 e. The van der Waals surface area contributed by atoms with Crippen molar-refractivity contribution in [3.63, 3.8) is 0 Å². The highest BCUT2D eigenvalue weighted by molar-refractivity contribution is 6.32. The molecule has 1 aromatic heterocycles. The zero-order valence-electron chi connectivity index (χ0n) is 14.9. The summed E-state index contributed by atoms with van der Waals surface area (Å²) in [6.07, 6.45) is 4.11. The van der Waals surface area contributed by atoms with Crippen molar-refractivity contribution in [2.24, 2.45) is 4.99 Å². The lowest BCUT2D eigenvalue weighted by molar-refractivity contribution is -0.120. The molecule has 0 saturated carbocycles. The second kappa shape index (κ2) is 10.1. The van der Waals surface area contributed by atoms with Crippen LogP contribution in [0.15, 0.2) is 23.3 Å². The Hall–Kier alpha value is -2.02. The van der Waals surface area contributed by atoms with Crippen molar-refractivity contribution in [1.82, 2.24) is 20.9 Å². The van der Waals surface area contributed by atoms with Crippen molar-refractivity contribution in [1.29, 1.82) is 0 Å². The summed E-state index contributed by atoms with van der Waals surface area (Å²) in [7, 11) is 1.73. The van der Waals surface area contributed by atoms with Crippen molar-refractivity contribution >= 4 is 29.3 Å². The molecule has 0 aromatic carbocycles. The normalized spacial score (nSPS) is 17.5. The Morgan fingerprint density at radius 3 is 3.00 bits per heavy atom. The van der Waals surface area contributed by atoms with Crippen LogP contribution in [-0.2, 0) is 4.79 Å². The van der Waals surface area contributed by atoms with Gasteiger partial charge in [0.1, 0.15) is 5.82 Å². The Kier molecular flexibility index (Phi) is 7.78. The number of pyridine rings is 1. The number of nitrogens with zero attached hydrogens (tertiary/aromatic N) is 3. The molecule has 2 rings (SSSR count). The molecule has 1 aliphatic heterocycles. The lowest BCUT2D eigenvalue weighted by Crippen LogP contribution is -2.45. The topological polar surface area (TPSA) is 81.6 Å². The fraction of sp³-hybridized carbons (Fsp3) is 0.588. The molecule has 0 aliphatic carbocycles. The molecule has 1 atom stereocenters. The summed E-state index contributed by atoms with van der Waals surface area (Å²) in [5, 5.41) is 10.1. The second-order valence-corrected chi connectivity index (χ2v) is 6.39. The van der Waals surface area contributed by atoms with E-state index in [-0.39, 0.29) is 11.9 Å². The third-order valence-corrected chi connectivity index (χ3v) is 4.30. The van der Waals surface area contributed by atoms with E-state index < -0.39 is 0 Å². The van der Waals surface area contributed by atoms with Gasteiger partial charge >= 0.3 is 0 Å². The van der Waals surface area contributed by atoms with Gasteiger partial charge in [-0.3, -0.25) is 9.79 Å². The van der Waals surface area contributed by atoms with E-state index in [1.807, 2.05) is 19.1 Å². The van der Waals surface area contributed by atoms with Crippen molar-refractivity contribution in [3.8, 4) is 0 Å². The number of nitrogens with one attached hydrogen (secondary N) is 3. The second-order valence-electron chi connectivity index (χ2n) is 5.98. The number of carbonyl (C=O) groups is 1. The monoisotopic (exact) mass is 366 g/mol. The molecule has 0 bridgehead atoms. The van der Waals surface area contributed by atoms with Crippen molar-refractivity contribution in [2.45, 2.75) is 32.2 Å². The molecule has 0 radical (unpaired) electrons. The van der Waals surface area contributed by atoms with Crippen LogP contribution in [-0.4, -0.2) is 56.1 Å². The number of rotatable bonds is 7. The van der Waals surface area contributed by atoms with E-state index in [1.165, 1.54) is 0 Å². The smallest absolute Gasteiger partial charge is 0.221 e. The number of amides is 1. The van der Waals surface area contributed by atoms with Crippen molar-refractivity contribution in [2.75, 3.05) is 38.1 Å². The maximum absolute atomic E-state index is 11.6. The van der Waals surface area contributed by atoms with Gasteiger partial charge in [-0.1, -0.05) is 18.5 Å². The van der Waals surface area contributed by atoms with Crippen LogP contribution in [0.3, 0.4) is 0 Å². The molecule has 7 nitrogen and oxygen atoms in total. The van der Waals surface area contributed by atoms with E-state index in [2.05, 4.69) is 30.8 Å². The van der Waals surface area contributed by atoms with Crippen LogP contribution in [0.2, 0.25) is 5.02 Å². The number of carbonyl (C=O) groups excluding carboxylic acids is 1. The number of guanidine groups is 1. The zero-order valence-corrected chi connectivity index (χ0v) is 15.6. The number of aromatic nitrogens is 1. The fourth-order valence-corrected chi connectivity index (χ4v) is 2.96. The molecule has 2 heterocycles. The number of aliphatic imine (C=N–C) groups is 1. The first-order valence-electron chi connectivity index (χ1n) is 8.73. The first kappa shape index (κ1) is 19.3. The predicted molar refractivity (Wildman–Crippen MR) is 102 cm³/mol. The molecule has 1 fully saturated rings. The van der Waals surface area contributed by atoms with E-state index in [1.54, 1.807) is 13.2 Å². The maximum Gasteiger partial charge on any atom is 0.221 e. The summed E-state index contributed by atoms with van der Waals surface area (Å²) in [4.78, 5) is 22.4. The van der Waals surface area contributed by atoms with Gasteiger partial charge in [0.15, 0.2) is 5.96 Å². The molecular formula is C17H27ClN6O. The Labute approximate surface area is 154 Å². The summed E-state index contributed by atoms with van der Waals surface area (Å²) in [5.41, 5.74) is 0. The van der Waals surface area contributed by atoms with Crippen LogP contribution < -0.4 is 20.9 Å². The molecule has 0 spiro atoms. The Morgan fingerprint density at radius 2 is 2.28 bits per heavy atom. The van der Waals surface area contributed by atoms with Crippen molar-refractivity contribution < 1.29 is 4.79 Å². The van der Waals surface area contributed by atoms with Gasteiger partial charge in [0, 0.05) is 51.9 Å². The van der Waals surface area contributed by atoms with Crippen LogP contribution in [0.25, 0.3) is 0 Å². The highest BCUT2D eigenvalue weighted by atomic mass is 35.5. The SMILES string of the molecule is CCCNC(=O)CCNC(=NC)NC1CCN(c2ncccc2Cl)C1. The first-order valence-corrected chi connectivity index (χ1v) is 9.11. The standard InChI is InChI=1S/C17H27ClN6O/c1-3-8-20-15(25)6-10-22-17(19-2)23-13-7-11-24(12-13)16-14(18)5-4-9-21-16/h4-5,9,13H,3,6-8,10-12H2,1-2H3,(H,20,25)(H2,19,22,23). The molecule has 1 aliphatic rings. The molecule has 1 amide bonds. The summed E-state index contributed by atoms with van der Waals surface area (Å²) in [5.74, 6) is 1.59. The van der Waals surface area contributed by atoms with Gasteiger partial charge in [0.2, 0.25) is 5.91 Å². The van der Waals surface area contributed by atoms with E-state index in [9.17, 15) is 4.79 Å². The molecule has 138 valence electrons. The summed E-state index contributed by atoms with van der Waals surface area (Å²) < 4.78 is 0. The third-order valence-electron chi connectivity index (χ3n) is 4.01. The van der Waals surface area contributed by atoms with Gasteiger partial charge in [-0.05, 0) is 25.0 Å². The van der Waals surface area contributed by atoms with Gasteiger partial charge < -0.3 is 20.9 Å². The maximum atomic E-state index is 11.6. The van der Waals surface area contributed by atoms with Crippen LogP contribution in [0, 0.1) is 0 Å². The number of hydrogen-bond donors (Lipinski definition) is 3. The quantitative estimate of drug-likeness (QED) is 0.502. The average molecular weight is 367 g/mol. The Bertz CT molecular complexity index is 594. The van der Waals surface area contributed by atoms with Gasteiger partial charge in [-0.15, -0.1) is 0 Å². The molecule has 1 saturated heterocycles. The lowest BCUT2D eigenvalue weighted by Gasteiger charge is -2.20. The van der Waals surface area contributed by atoms with Gasteiger partial charge in [-0.25, -0.2) is 4.98 Å². The third kappa shape index (κ3) is 6.08. The highest BCUT2D eigenvalue weighted by Crippen LogP contribution is 2.25. The van der Waals surface area contributed by atoms with Crippen LogP contribution in [0.4, 0.5) is 5.82 Å². The van der Waals surface area contributed by atoms with Crippen LogP contribution >= 0.6 is 11.6 Å². The van der Waals surface area contributed by atoms with Crippen molar-refractivity contribution in [3.05, 3.63) is 23.4 Å². The first-order chi connectivity index (χ1) is 12.1. The zero-order chi connectivity index (χ0) is 18.1. The molecule has 3 N–H and O–H groups in total. The number of anilines is 1. The fourth-order valence-electron chi connectivity index (χ4n) is 2.72.